The molecule has 6 aromatic rings. The number of nitrogens with one attached hydrogen (secondary N) is 1. The van der Waals surface area contributed by atoms with Crippen LogP contribution in [0.4, 0.5) is 0 Å². The molecule has 53 heavy (non-hydrogen) atoms. The fourth-order valence-electron chi connectivity index (χ4n) is 7.12. The van der Waals surface area contributed by atoms with Crippen molar-refractivity contribution in [1.82, 2.24) is 9.62 Å². The fourth-order valence-corrected chi connectivity index (χ4v) is 8.15. The Morgan fingerprint density at radius 2 is 1.42 bits per heavy atom. The van der Waals surface area contributed by atoms with Crippen LogP contribution in [0.1, 0.15) is 60.1 Å². The van der Waals surface area contributed by atoms with Crippen LogP contribution in [0.25, 0.3) is 21.9 Å². The van der Waals surface area contributed by atoms with Crippen LogP contribution in [0, 0.1) is 5.92 Å². The van der Waals surface area contributed by atoms with Gasteiger partial charge in [0.2, 0.25) is 10.0 Å². The number of aliphatic hydroxyl groups is 1. The number of fused-ring (bicyclic) bond motifs is 1. The van der Waals surface area contributed by atoms with Gasteiger partial charge in [0.05, 0.1) is 23.7 Å². The second kappa shape index (κ2) is 16.1. The van der Waals surface area contributed by atoms with Crippen LogP contribution in [-0.2, 0) is 32.6 Å². The van der Waals surface area contributed by atoms with Gasteiger partial charge in [-0.3, -0.25) is 4.90 Å². The van der Waals surface area contributed by atoms with E-state index in [0.29, 0.717) is 6.54 Å². The highest BCUT2D eigenvalue weighted by molar-refractivity contribution is 7.89. The SMILES string of the molecule is C[C@@H]1[C@H](CN(C)[C@H](C)c2ccc3ccccc3c2)O[C@H](c2ccc(-c3ccccc3CNS(=O)(=O)c3ccccc3)cc2)O[C@@H]1c1ccc(CO)cc1. The monoisotopic (exact) mass is 726 g/mol. The van der Waals surface area contributed by atoms with Gasteiger partial charge in [0, 0.05) is 30.6 Å². The molecule has 0 bridgehead atoms. The zero-order chi connectivity index (χ0) is 37.0. The van der Waals surface area contributed by atoms with Crippen LogP contribution in [0.3, 0.4) is 0 Å². The van der Waals surface area contributed by atoms with Gasteiger partial charge in [0.25, 0.3) is 0 Å². The van der Waals surface area contributed by atoms with Gasteiger partial charge in [-0.05, 0) is 76.3 Å². The Labute approximate surface area is 312 Å². The lowest BCUT2D eigenvalue weighted by Crippen LogP contribution is -2.44. The van der Waals surface area contributed by atoms with Gasteiger partial charge in [-0.25, -0.2) is 13.1 Å². The third-order valence-electron chi connectivity index (χ3n) is 10.5. The van der Waals surface area contributed by atoms with Gasteiger partial charge < -0.3 is 14.6 Å². The predicted molar refractivity (Wildman–Crippen MR) is 210 cm³/mol. The lowest BCUT2D eigenvalue weighted by molar-refractivity contribution is -0.276. The molecule has 7 rings (SSSR count). The summed E-state index contributed by atoms with van der Waals surface area (Å²) in [6, 6.07) is 47.6. The maximum Gasteiger partial charge on any atom is 0.240 e. The minimum absolute atomic E-state index is 0.0123. The molecule has 7 nitrogen and oxygen atoms in total. The van der Waals surface area contributed by atoms with Crippen molar-refractivity contribution in [3.8, 4) is 11.1 Å². The summed E-state index contributed by atoms with van der Waals surface area (Å²) in [6.07, 6.45) is -0.971. The molecule has 272 valence electrons. The molecule has 6 aromatic carbocycles. The lowest BCUT2D eigenvalue weighted by atomic mass is 9.89. The number of sulfonamides is 1. The zero-order valence-electron chi connectivity index (χ0n) is 30.3. The summed E-state index contributed by atoms with van der Waals surface area (Å²) in [5.41, 5.74) is 6.82. The van der Waals surface area contributed by atoms with Crippen molar-refractivity contribution in [2.24, 2.45) is 5.92 Å². The molecule has 0 radical (unpaired) electrons. The average Bonchev–Trinajstić information content (AvgIpc) is 3.21. The summed E-state index contributed by atoms with van der Waals surface area (Å²) < 4.78 is 42.2. The van der Waals surface area contributed by atoms with Crippen LogP contribution < -0.4 is 4.72 Å². The third kappa shape index (κ3) is 8.29. The molecule has 0 amide bonds. The van der Waals surface area contributed by atoms with E-state index >= 15 is 0 Å². The molecule has 1 aliphatic heterocycles. The van der Waals surface area contributed by atoms with Crippen molar-refractivity contribution < 1.29 is 23.0 Å². The number of hydrogen-bond acceptors (Lipinski definition) is 6. The fraction of sp³-hybridized carbons (Fsp3) is 0.244. The van der Waals surface area contributed by atoms with Crippen LogP contribution in [-0.4, -0.2) is 38.1 Å². The summed E-state index contributed by atoms with van der Waals surface area (Å²) in [6.45, 7) is 5.27. The first-order valence-electron chi connectivity index (χ1n) is 18.1. The number of aliphatic hydroxyl groups excluding tert-OH is 1. The van der Waals surface area contributed by atoms with Crippen molar-refractivity contribution in [3.05, 3.63) is 173 Å². The van der Waals surface area contributed by atoms with Crippen molar-refractivity contribution in [2.75, 3.05) is 13.6 Å². The minimum Gasteiger partial charge on any atom is -0.392 e. The highest BCUT2D eigenvalue weighted by Crippen LogP contribution is 2.42. The number of benzene rings is 6. The van der Waals surface area contributed by atoms with E-state index in [0.717, 1.165) is 33.4 Å². The smallest absolute Gasteiger partial charge is 0.240 e. The first-order chi connectivity index (χ1) is 25.7. The van der Waals surface area contributed by atoms with Gasteiger partial charge in [-0.1, -0.05) is 134 Å². The van der Waals surface area contributed by atoms with E-state index in [-0.39, 0.29) is 42.2 Å². The summed E-state index contributed by atoms with van der Waals surface area (Å²) in [7, 11) is -1.51. The molecule has 5 atom stereocenters. The molecule has 2 N–H and O–H groups in total. The Hall–Kier alpha value is -4.67. The third-order valence-corrected chi connectivity index (χ3v) is 11.9. The number of nitrogens with zero attached hydrogens (tertiary/aromatic N) is 1. The molecule has 1 saturated heterocycles. The highest BCUT2D eigenvalue weighted by atomic mass is 32.2. The Morgan fingerprint density at radius 3 is 2.15 bits per heavy atom. The Kier molecular flexibility index (Phi) is 11.2. The Bertz CT molecular complexity index is 2240. The number of rotatable bonds is 12. The van der Waals surface area contributed by atoms with Crippen LogP contribution in [0.5, 0.6) is 0 Å². The molecule has 1 aliphatic rings. The molecule has 1 heterocycles. The zero-order valence-corrected chi connectivity index (χ0v) is 31.1. The lowest BCUT2D eigenvalue weighted by Gasteiger charge is -2.43. The quantitative estimate of drug-likeness (QED) is 0.131. The van der Waals surface area contributed by atoms with Crippen LogP contribution in [0.2, 0.25) is 0 Å². The average molecular weight is 727 g/mol. The van der Waals surface area contributed by atoms with E-state index in [1.54, 1.807) is 30.3 Å². The standard InChI is InChI=1S/C45H46N2O5S/c1-31-43(29-47(3)32(2)38-26-21-34-11-7-8-12-39(34)27-38)51-45(52-44(31)36-19-17-33(30-48)18-20-36)37-24-22-35(23-25-37)42-16-10-9-13-40(42)28-46-53(49,50)41-14-5-4-6-15-41/h4-27,31-32,43-46,48H,28-30H2,1-3H3/t31-,32-,43+,44+,45+/m1/s1. The van der Waals surface area contributed by atoms with Gasteiger partial charge >= 0.3 is 0 Å². The van der Waals surface area contributed by atoms with Gasteiger partial charge in [0.15, 0.2) is 6.29 Å². The topological polar surface area (TPSA) is 88.1 Å². The summed E-state index contributed by atoms with van der Waals surface area (Å²) in [5.74, 6) is 0.0447. The molecule has 8 heteroatoms. The molecular formula is C45H46N2O5S. The Balaban J connectivity index is 1.12. The maximum absolute atomic E-state index is 13.0. The largest absolute Gasteiger partial charge is 0.392 e. The number of likely N-dealkylation sites (N-methyl/N-ethyl adjacent to an activating group) is 1. The minimum atomic E-state index is -3.66. The van der Waals surface area contributed by atoms with E-state index in [9.17, 15) is 13.5 Å². The van der Waals surface area contributed by atoms with E-state index < -0.39 is 16.3 Å². The number of hydrogen-bond donors (Lipinski definition) is 2. The second-order valence-corrected chi connectivity index (χ2v) is 15.7. The van der Waals surface area contributed by atoms with Crippen molar-refractivity contribution in [3.63, 3.8) is 0 Å². The van der Waals surface area contributed by atoms with Crippen molar-refractivity contribution in [2.45, 2.75) is 56.4 Å². The summed E-state index contributed by atoms with van der Waals surface area (Å²) in [4.78, 5) is 2.59. The molecule has 0 aromatic heterocycles. The Morgan fingerprint density at radius 1 is 0.755 bits per heavy atom. The summed E-state index contributed by atoms with van der Waals surface area (Å²) >= 11 is 0. The highest BCUT2D eigenvalue weighted by Gasteiger charge is 2.39. The molecule has 0 saturated carbocycles. The van der Waals surface area contributed by atoms with E-state index in [1.165, 1.54) is 16.3 Å². The van der Waals surface area contributed by atoms with Gasteiger partial charge in [-0.15, -0.1) is 0 Å². The molecular weight excluding hydrogens is 681 g/mol. The van der Waals surface area contributed by atoms with Gasteiger partial charge in [-0.2, -0.15) is 0 Å². The summed E-state index contributed by atoms with van der Waals surface area (Å²) in [5, 5.41) is 12.1. The second-order valence-electron chi connectivity index (χ2n) is 14.0. The first kappa shape index (κ1) is 36.7. The van der Waals surface area contributed by atoms with Crippen molar-refractivity contribution in [1.29, 1.82) is 0 Å². The molecule has 0 unspecified atom stereocenters. The first-order valence-corrected chi connectivity index (χ1v) is 19.6. The molecule has 0 spiro atoms. The van der Waals surface area contributed by atoms with Gasteiger partial charge in [0.1, 0.15) is 0 Å². The normalized spacial score (nSPS) is 19.7. The van der Waals surface area contributed by atoms with Crippen LogP contribution in [0.15, 0.2) is 150 Å². The van der Waals surface area contributed by atoms with Crippen LogP contribution >= 0.6 is 0 Å². The molecule has 1 fully saturated rings. The predicted octanol–water partition coefficient (Wildman–Crippen LogP) is 8.96. The van der Waals surface area contributed by atoms with E-state index in [2.05, 4.69) is 73.0 Å². The van der Waals surface area contributed by atoms with Crippen molar-refractivity contribution >= 4 is 20.8 Å². The molecule has 0 aliphatic carbocycles. The number of ether oxygens (including phenoxy) is 2. The maximum atomic E-state index is 13.0. The van der Waals surface area contributed by atoms with E-state index in [1.807, 2.05) is 72.8 Å². The van der Waals surface area contributed by atoms with E-state index in [4.69, 9.17) is 9.47 Å².